The molecule has 1 unspecified atom stereocenters. The number of hydrogen-bond donors (Lipinski definition) is 3. The Morgan fingerprint density at radius 1 is 1.30 bits per heavy atom. The molecule has 1 aromatic heterocycles. The summed E-state index contributed by atoms with van der Waals surface area (Å²) in [6.07, 6.45) is -1.65. The molecule has 3 N–H and O–H groups in total. The lowest BCUT2D eigenvalue weighted by molar-refractivity contribution is -0.146. The summed E-state index contributed by atoms with van der Waals surface area (Å²) in [6, 6.07) is 10.5. The fraction of sp³-hybridized carbons (Fsp3) is 0.154. The van der Waals surface area contributed by atoms with Gasteiger partial charge in [0, 0.05) is 11.6 Å². The highest BCUT2D eigenvalue weighted by molar-refractivity contribution is 5.93. The minimum absolute atomic E-state index is 0.0152. The number of hydrogen-bond acceptors (Lipinski definition) is 5. The second-order valence-corrected chi connectivity index (χ2v) is 4.01. The highest BCUT2D eigenvalue weighted by Gasteiger charge is 2.17. The number of rotatable bonds is 5. The molecule has 2 aromatic rings. The molecule has 0 aliphatic carbocycles. The average Bonchev–Trinajstić information content (AvgIpc) is 2.95. The number of carbonyl (C=O) groups is 2. The predicted octanol–water partition coefficient (Wildman–Crippen LogP) is 0.517. The zero-order valence-corrected chi connectivity index (χ0v) is 10.3. The molecule has 7 nitrogen and oxygen atoms in total. The third-order valence-corrected chi connectivity index (χ3v) is 2.54. The number of nitrogens with zero attached hydrogens (tertiary/aromatic N) is 1. The Hall–Kier alpha value is -2.67. The number of benzene rings is 1. The second kappa shape index (κ2) is 5.98. The molecule has 0 fully saturated rings. The first-order chi connectivity index (χ1) is 9.58. The fourth-order valence-corrected chi connectivity index (χ4v) is 1.49. The molecule has 0 spiro atoms. The van der Waals surface area contributed by atoms with Crippen LogP contribution >= 0.6 is 0 Å². The Morgan fingerprint density at radius 3 is 2.65 bits per heavy atom. The van der Waals surface area contributed by atoms with Crippen LogP contribution in [0.15, 0.2) is 40.9 Å². The van der Waals surface area contributed by atoms with Crippen LogP contribution in [0.4, 0.5) is 0 Å². The van der Waals surface area contributed by atoms with Crippen LogP contribution in [0, 0.1) is 0 Å². The van der Waals surface area contributed by atoms with E-state index in [4.69, 9.17) is 14.7 Å². The van der Waals surface area contributed by atoms with Crippen molar-refractivity contribution in [3.63, 3.8) is 0 Å². The smallest absolute Gasteiger partial charge is 0.334 e. The van der Waals surface area contributed by atoms with Crippen molar-refractivity contribution in [1.82, 2.24) is 10.5 Å². The molecular formula is C13H12N2O5. The minimum Gasteiger partial charge on any atom is -0.479 e. The van der Waals surface area contributed by atoms with Crippen LogP contribution in [-0.4, -0.2) is 39.9 Å². The molecule has 1 heterocycles. The Morgan fingerprint density at radius 2 is 2.00 bits per heavy atom. The Balaban J connectivity index is 2.02. The van der Waals surface area contributed by atoms with Crippen molar-refractivity contribution in [2.45, 2.75) is 6.10 Å². The number of carbonyl (C=O) groups excluding carboxylic acids is 1. The fourth-order valence-electron chi connectivity index (χ4n) is 1.49. The Bertz CT molecular complexity index is 608. The van der Waals surface area contributed by atoms with Crippen molar-refractivity contribution >= 4 is 11.9 Å². The maximum Gasteiger partial charge on any atom is 0.334 e. The SMILES string of the molecule is O=C(NCC(O)C(=O)O)c1cc(-c2ccccc2)on1. The molecule has 1 atom stereocenters. The number of carboxylic acids is 1. The van der Waals surface area contributed by atoms with E-state index in [0.717, 1.165) is 5.56 Å². The molecule has 104 valence electrons. The van der Waals surface area contributed by atoms with E-state index in [9.17, 15) is 9.59 Å². The van der Waals surface area contributed by atoms with Gasteiger partial charge in [-0.1, -0.05) is 35.5 Å². The highest BCUT2D eigenvalue weighted by Crippen LogP contribution is 2.19. The summed E-state index contributed by atoms with van der Waals surface area (Å²) in [7, 11) is 0. The summed E-state index contributed by atoms with van der Waals surface area (Å²) in [6.45, 7) is -0.401. The third-order valence-electron chi connectivity index (χ3n) is 2.54. The van der Waals surface area contributed by atoms with Crippen LogP contribution < -0.4 is 5.32 Å². The van der Waals surface area contributed by atoms with E-state index < -0.39 is 24.5 Å². The van der Waals surface area contributed by atoms with Gasteiger partial charge in [0.1, 0.15) is 0 Å². The number of aliphatic hydroxyl groups excluding tert-OH is 1. The maximum absolute atomic E-state index is 11.7. The predicted molar refractivity (Wildman–Crippen MR) is 67.9 cm³/mol. The van der Waals surface area contributed by atoms with Crippen molar-refractivity contribution in [3.8, 4) is 11.3 Å². The van der Waals surface area contributed by atoms with Gasteiger partial charge in [-0.2, -0.15) is 0 Å². The zero-order chi connectivity index (χ0) is 14.5. The summed E-state index contributed by atoms with van der Waals surface area (Å²) in [5.74, 6) is -1.60. The molecule has 0 saturated carbocycles. The van der Waals surface area contributed by atoms with Gasteiger partial charge in [-0.05, 0) is 0 Å². The quantitative estimate of drug-likeness (QED) is 0.733. The Labute approximate surface area is 113 Å². The first-order valence-electron chi connectivity index (χ1n) is 5.79. The molecule has 7 heteroatoms. The van der Waals surface area contributed by atoms with Gasteiger partial charge >= 0.3 is 5.97 Å². The maximum atomic E-state index is 11.7. The van der Waals surface area contributed by atoms with E-state index in [1.54, 1.807) is 12.1 Å². The number of aliphatic carboxylic acids is 1. The minimum atomic E-state index is -1.65. The molecule has 0 bridgehead atoms. The molecule has 20 heavy (non-hydrogen) atoms. The molecule has 0 saturated heterocycles. The summed E-state index contributed by atoms with van der Waals surface area (Å²) in [5, 5.41) is 23.4. The van der Waals surface area contributed by atoms with E-state index in [0.29, 0.717) is 5.76 Å². The van der Waals surface area contributed by atoms with E-state index in [-0.39, 0.29) is 5.69 Å². The van der Waals surface area contributed by atoms with Crippen LogP contribution in [-0.2, 0) is 4.79 Å². The first kappa shape index (κ1) is 13.8. The van der Waals surface area contributed by atoms with Crippen LogP contribution in [0.3, 0.4) is 0 Å². The van der Waals surface area contributed by atoms with Gasteiger partial charge in [0.05, 0.1) is 6.54 Å². The van der Waals surface area contributed by atoms with E-state index in [1.165, 1.54) is 6.07 Å². The molecule has 2 rings (SSSR count). The van der Waals surface area contributed by atoms with Crippen LogP contribution in [0.25, 0.3) is 11.3 Å². The van der Waals surface area contributed by atoms with Gasteiger partial charge < -0.3 is 20.1 Å². The number of aliphatic hydroxyl groups is 1. The lowest BCUT2D eigenvalue weighted by Gasteiger charge is -2.05. The lowest BCUT2D eigenvalue weighted by Crippen LogP contribution is -2.36. The van der Waals surface area contributed by atoms with Crippen molar-refractivity contribution in [3.05, 3.63) is 42.1 Å². The topological polar surface area (TPSA) is 113 Å². The van der Waals surface area contributed by atoms with Crippen LogP contribution in [0.2, 0.25) is 0 Å². The first-order valence-corrected chi connectivity index (χ1v) is 5.79. The summed E-state index contributed by atoms with van der Waals surface area (Å²) < 4.78 is 5.04. The number of aromatic nitrogens is 1. The van der Waals surface area contributed by atoms with Crippen LogP contribution in [0.5, 0.6) is 0 Å². The van der Waals surface area contributed by atoms with E-state index >= 15 is 0 Å². The molecule has 0 aliphatic rings. The van der Waals surface area contributed by atoms with Gasteiger partial charge in [0.25, 0.3) is 5.91 Å². The second-order valence-electron chi connectivity index (χ2n) is 4.01. The van der Waals surface area contributed by atoms with Crippen LogP contribution in [0.1, 0.15) is 10.5 Å². The summed E-state index contributed by atoms with van der Waals surface area (Å²) in [4.78, 5) is 22.1. The van der Waals surface area contributed by atoms with Gasteiger partial charge in [-0.15, -0.1) is 0 Å². The number of carboxylic acid groups (broad SMARTS) is 1. The standard InChI is InChI=1S/C13H12N2O5/c16-10(13(18)19)7-14-12(17)9-6-11(20-15-9)8-4-2-1-3-5-8/h1-6,10,16H,7H2,(H,14,17)(H,18,19). The van der Waals surface area contributed by atoms with E-state index in [1.807, 2.05) is 18.2 Å². The monoisotopic (exact) mass is 276 g/mol. The molecule has 1 aromatic carbocycles. The molecule has 1 amide bonds. The van der Waals surface area contributed by atoms with Gasteiger partial charge in [-0.3, -0.25) is 4.79 Å². The number of amides is 1. The molecule has 0 radical (unpaired) electrons. The summed E-state index contributed by atoms with van der Waals surface area (Å²) >= 11 is 0. The van der Waals surface area contributed by atoms with E-state index in [2.05, 4.69) is 10.5 Å². The average molecular weight is 276 g/mol. The largest absolute Gasteiger partial charge is 0.479 e. The zero-order valence-electron chi connectivity index (χ0n) is 10.3. The lowest BCUT2D eigenvalue weighted by atomic mass is 10.1. The normalized spacial score (nSPS) is 11.8. The molecule has 0 aliphatic heterocycles. The van der Waals surface area contributed by atoms with Crippen molar-refractivity contribution in [2.24, 2.45) is 0 Å². The van der Waals surface area contributed by atoms with Crippen molar-refractivity contribution < 1.29 is 24.3 Å². The van der Waals surface area contributed by atoms with Gasteiger partial charge in [0.15, 0.2) is 17.6 Å². The number of nitrogens with one attached hydrogen (secondary N) is 1. The summed E-state index contributed by atoms with van der Waals surface area (Å²) in [5.41, 5.74) is 0.783. The van der Waals surface area contributed by atoms with Gasteiger partial charge in [-0.25, -0.2) is 4.79 Å². The Kier molecular flexibility index (Phi) is 4.11. The van der Waals surface area contributed by atoms with Crippen molar-refractivity contribution in [2.75, 3.05) is 6.54 Å². The molecular weight excluding hydrogens is 264 g/mol. The van der Waals surface area contributed by atoms with Gasteiger partial charge in [0.2, 0.25) is 0 Å². The highest BCUT2D eigenvalue weighted by atomic mass is 16.5. The third kappa shape index (κ3) is 3.21. The van der Waals surface area contributed by atoms with Crippen molar-refractivity contribution in [1.29, 1.82) is 0 Å².